The Kier molecular flexibility index (Phi) is 2.60. The fourth-order valence-corrected chi connectivity index (χ4v) is 2.26. The van der Waals surface area contributed by atoms with Crippen molar-refractivity contribution in [1.29, 1.82) is 0 Å². The molecular weight excluding hydrogens is 268 g/mol. The van der Waals surface area contributed by atoms with E-state index >= 15 is 0 Å². The highest BCUT2D eigenvalue weighted by Gasteiger charge is 2.16. The van der Waals surface area contributed by atoms with E-state index in [1.165, 1.54) is 0 Å². The van der Waals surface area contributed by atoms with Crippen molar-refractivity contribution in [3.8, 4) is 17.5 Å². The van der Waals surface area contributed by atoms with E-state index in [0.29, 0.717) is 29.7 Å². The lowest BCUT2D eigenvalue weighted by molar-refractivity contribution is 0.330. The first kappa shape index (κ1) is 11.9. The summed E-state index contributed by atoms with van der Waals surface area (Å²) < 4.78 is 12.7. The molecule has 3 heterocycles. The summed E-state index contributed by atoms with van der Waals surface area (Å²) >= 11 is 0. The van der Waals surface area contributed by atoms with Gasteiger partial charge in [0.15, 0.2) is 5.76 Å². The zero-order valence-corrected chi connectivity index (χ0v) is 11.4. The van der Waals surface area contributed by atoms with E-state index in [4.69, 9.17) is 9.15 Å². The maximum absolute atomic E-state index is 5.59. The average Bonchev–Trinajstić information content (AvgIpc) is 3.17. The largest absolute Gasteiger partial charge is 0.475 e. The number of rotatable bonds is 3. The van der Waals surface area contributed by atoms with E-state index in [2.05, 4.69) is 15.1 Å². The lowest BCUT2D eigenvalue weighted by Gasteiger charge is -2.05. The summed E-state index contributed by atoms with van der Waals surface area (Å²) in [7, 11) is 0. The Labute approximate surface area is 120 Å². The number of hydrogen-bond acceptors (Lipinski definition) is 5. The molecule has 0 N–H and O–H groups in total. The van der Waals surface area contributed by atoms with Gasteiger partial charge < -0.3 is 9.15 Å². The molecule has 0 unspecified atom stereocenters. The van der Waals surface area contributed by atoms with Crippen molar-refractivity contribution in [2.75, 3.05) is 6.61 Å². The molecule has 0 aliphatic heterocycles. The molecular formula is C15H12N4O2. The van der Waals surface area contributed by atoms with Gasteiger partial charge in [0, 0.05) is 0 Å². The van der Waals surface area contributed by atoms with Crippen molar-refractivity contribution < 1.29 is 9.15 Å². The van der Waals surface area contributed by atoms with E-state index in [1.807, 2.05) is 37.3 Å². The third kappa shape index (κ3) is 1.84. The number of benzene rings is 1. The molecule has 0 aliphatic rings. The van der Waals surface area contributed by atoms with Gasteiger partial charge in [-0.1, -0.05) is 12.1 Å². The molecule has 104 valence electrons. The van der Waals surface area contributed by atoms with Crippen LogP contribution < -0.4 is 4.74 Å². The van der Waals surface area contributed by atoms with Crippen LogP contribution in [-0.4, -0.2) is 26.2 Å². The molecule has 0 aliphatic carbocycles. The topological polar surface area (TPSA) is 65.5 Å². The molecule has 6 nitrogen and oxygen atoms in total. The number of furan rings is 1. The second kappa shape index (κ2) is 4.59. The maximum atomic E-state index is 5.59. The van der Waals surface area contributed by atoms with Crippen LogP contribution in [0.25, 0.3) is 28.3 Å². The number of fused-ring (bicyclic) bond motifs is 3. The highest BCUT2D eigenvalue weighted by molar-refractivity contribution is 5.79. The fourth-order valence-electron chi connectivity index (χ4n) is 2.26. The Morgan fingerprint density at radius 3 is 2.86 bits per heavy atom. The molecule has 0 bridgehead atoms. The van der Waals surface area contributed by atoms with Gasteiger partial charge in [-0.15, -0.1) is 5.10 Å². The van der Waals surface area contributed by atoms with Gasteiger partial charge in [0.1, 0.15) is 0 Å². The summed E-state index contributed by atoms with van der Waals surface area (Å²) in [6.45, 7) is 2.43. The standard InChI is InChI=1S/C15H12N4O2/c1-2-20-15-14-17-13(12-8-5-9-21-12)18-19(14)11-7-4-3-6-10(11)16-15/h3-9H,2H2,1H3. The second-order valence-electron chi connectivity index (χ2n) is 4.49. The average molecular weight is 280 g/mol. The zero-order chi connectivity index (χ0) is 14.2. The summed E-state index contributed by atoms with van der Waals surface area (Å²) in [5.74, 6) is 1.60. The Bertz CT molecular complexity index is 912. The molecule has 6 heteroatoms. The van der Waals surface area contributed by atoms with Crippen molar-refractivity contribution in [2.24, 2.45) is 0 Å². The summed E-state index contributed by atoms with van der Waals surface area (Å²) in [4.78, 5) is 9.01. The van der Waals surface area contributed by atoms with Crippen LogP contribution in [0.3, 0.4) is 0 Å². The molecule has 4 aromatic rings. The quantitative estimate of drug-likeness (QED) is 0.577. The molecule has 0 amide bonds. The van der Waals surface area contributed by atoms with Crippen LogP contribution in [0.2, 0.25) is 0 Å². The summed E-state index contributed by atoms with van der Waals surface area (Å²) in [6.07, 6.45) is 1.60. The van der Waals surface area contributed by atoms with Crippen LogP contribution in [0.4, 0.5) is 0 Å². The molecule has 0 radical (unpaired) electrons. The maximum Gasteiger partial charge on any atom is 0.260 e. The van der Waals surface area contributed by atoms with E-state index in [0.717, 1.165) is 11.0 Å². The molecule has 1 aromatic carbocycles. The van der Waals surface area contributed by atoms with Crippen LogP contribution >= 0.6 is 0 Å². The number of ether oxygens (including phenoxy) is 1. The SMILES string of the molecule is CCOc1nc2ccccc2n2nc(-c3ccco3)nc12. The van der Waals surface area contributed by atoms with Gasteiger partial charge in [0.25, 0.3) is 5.88 Å². The van der Waals surface area contributed by atoms with Gasteiger partial charge in [-0.2, -0.15) is 4.98 Å². The number of nitrogens with zero attached hydrogens (tertiary/aromatic N) is 4. The third-order valence-corrected chi connectivity index (χ3v) is 3.15. The minimum absolute atomic E-state index is 0.474. The van der Waals surface area contributed by atoms with Gasteiger partial charge >= 0.3 is 0 Å². The molecule has 0 atom stereocenters. The summed E-state index contributed by atoms with van der Waals surface area (Å²) in [5.41, 5.74) is 2.27. The van der Waals surface area contributed by atoms with Crippen LogP contribution in [0.5, 0.6) is 5.88 Å². The number of para-hydroxylation sites is 2. The van der Waals surface area contributed by atoms with E-state index in [1.54, 1.807) is 16.8 Å². The molecule has 0 fully saturated rings. The van der Waals surface area contributed by atoms with Crippen LogP contribution in [-0.2, 0) is 0 Å². The van der Waals surface area contributed by atoms with Gasteiger partial charge in [-0.05, 0) is 31.2 Å². The predicted molar refractivity (Wildman–Crippen MR) is 77.2 cm³/mol. The van der Waals surface area contributed by atoms with Crippen LogP contribution in [0, 0.1) is 0 Å². The minimum atomic E-state index is 0.474. The lowest BCUT2D eigenvalue weighted by Crippen LogP contribution is -2.00. The molecule has 0 saturated carbocycles. The minimum Gasteiger partial charge on any atom is -0.475 e. The van der Waals surface area contributed by atoms with Crippen molar-refractivity contribution >= 4 is 16.7 Å². The van der Waals surface area contributed by atoms with Crippen molar-refractivity contribution in [3.63, 3.8) is 0 Å². The van der Waals surface area contributed by atoms with E-state index < -0.39 is 0 Å². The highest BCUT2D eigenvalue weighted by atomic mass is 16.5. The van der Waals surface area contributed by atoms with E-state index in [-0.39, 0.29) is 0 Å². The molecule has 0 spiro atoms. The summed E-state index contributed by atoms with van der Waals surface area (Å²) in [5, 5.41) is 4.52. The normalized spacial score (nSPS) is 11.3. The highest BCUT2D eigenvalue weighted by Crippen LogP contribution is 2.25. The Morgan fingerprint density at radius 1 is 1.14 bits per heavy atom. The first-order valence-electron chi connectivity index (χ1n) is 6.69. The fraction of sp³-hybridized carbons (Fsp3) is 0.133. The van der Waals surface area contributed by atoms with Crippen molar-refractivity contribution in [3.05, 3.63) is 42.7 Å². The lowest BCUT2D eigenvalue weighted by atomic mass is 10.3. The Balaban J connectivity index is 2.06. The van der Waals surface area contributed by atoms with Crippen LogP contribution in [0.15, 0.2) is 47.1 Å². The van der Waals surface area contributed by atoms with Crippen LogP contribution in [0.1, 0.15) is 6.92 Å². The molecule has 0 saturated heterocycles. The molecule has 21 heavy (non-hydrogen) atoms. The second-order valence-corrected chi connectivity index (χ2v) is 4.49. The molecule has 3 aromatic heterocycles. The Hall–Kier alpha value is -2.89. The van der Waals surface area contributed by atoms with Crippen molar-refractivity contribution in [2.45, 2.75) is 6.92 Å². The molecule has 4 rings (SSSR count). The first-order chi connectivity index (χ1) is 10.4. The number of hydrogen-bond donors (Lipinski definition) is 0. The predicted octanol–water partition coefficient (Wildman–Crippen LogP) is 2.94. The Morgan fingerprint density at radius 2 is 2.05 bits per heavy atom. The smallest absolute Gasteiger partial charge is 0.260 e. The summed E-state index contributed by atoms with van der Waals surface area (Å²) in [6, 6.07) is 11.4. The van der Waals surface area contributed by atoms with Crippen molar-refractivity contribution in [1.82, 2.24) is 19.6 Å². The first-order valence-corrected chi connectivity index (χ1v) is 6.69. The van der Waals surface area contributed by atoms with Gasteiger partial charge in [-0.25, -0.2) is 9.50 Å². The van der Waals surface area contributed by atoms with Gasteiger partial charge in [0.05, 0.1) is 23.9 Å². The van der Waals surface area contributed by atoms with Gasteiger partial charge in [0.2, 0.25) is 11.5 Å². The number of aromatic nitrogens is 4. The van der Waals surface area contributed by atoms with Gasteiger partial charge in [-0.3, -0.25) is 0 Å². The monoisotopic (exact) mass is 280 g/mol. The third-order valence-electron chi connectivity index (χ3n) is 3.15. The zero-order valence-electron chi connectivity index (χ0n) is 11.4. The van der Waals surface area contributed by atoms with E-state index in [9.17, 15) is 0 Å².